The van der Waals surface area contributed by atoms with E-state index in [9.17, 15) is 57.8 Å². The number of hydrogen-bond acceptors (Lipinski definition) is 15. The number of hydrogen-bond donors (Lipinski definition) is 9. The molecule has 1 saturated carbocycles. The molecule has 0 radical (unpaired) electrons. The van der Waals surface area contributed by atoms with Crippen molar-refractivity contribution in [1.82, 2.24) is 52.2 Å². The largest absolute Gasteiger partial charge is 0.390 e. The Balaban J connectivity index is 0.0000125. The van der Waals surface area contributed by atoms with Gasteiger partial charge in [0, 0.05) is 50.9 Å². The summed E-state index contributed by atoms with van der Waals surface area (Å²) < 4.78 is 0. The van der Waals surface area contributed by atoms with Crippen LogP contribution in [0, 0.1) is 11.8 Å². The van der Waals surface area contributed by atoms with Crippen molar-refractivity contribution < 1.29 is 62.7 Å². The van der Waals surface area contributed by atoms with Crippen LogP contribution in [0.1, 0.15) is 127 Å². The van der Waals surface area contributed by atoms with Gasteiger partial charge in [0.25, 0.3) is 17.7 Å². The zero-order chi connectivity index (χ0) is 54.7. The molecule has 416 valence electrons. The van der Waals surface area contributed by atoms with Gasteiger partial charge in [-0.15, -0.1) is 5.06 Å². The molecule has 0 spiro atoms. The summed E-state index contributed by atoms with van der Waals surface area (Å²) in [5.74, 6) is -6.30. The number of amides is 10. The second kappa shape index (κ2) is 29.7. The number of piperidine rings is 1. The Morgan fingerprint density at radius 1 is 0.789 bits per heavy atom. The molecule has 1 aromatic heterocycles. The molecule has 76 heavy (non-hydrogen) atoms. The lowest BCUT2D eigenvalue weighted by Crippen LogP contribution is -2.61. The summed E-state index contributed by atoms with van der Waals surface area (Å²) in [7, 11) is 0. The number of nitrogens with two attached hydrogens (primary N) is 1. The third-order valence-corrected chi connectivity index (χ3v) is 12.9. The van der Waals surface area contributed by atoms with Crippen LogP contribution in [0.15, 0.2) is 48.5 Å². The molecule has 3 aliphatic rings. The van der Waals surface area contributed by atoms with Gasteiger partial charge in [0.05, 0.1) is 56.4 Å². The second-order valence-corrected chi connectivity index (χ2v) is 20.2. The number of nitrogens with one attached hydrogen (secondary N) is 7. The minimum Gasteiger partial charge on any atom is -0.390 e. The third-order valence-electron chi connectivity index (χ3n) is 12.9. The maximum atomic E-state index is 14.1. The first-order chi connectivity index (χ1) is 35.6. The minimum atomic E-state index is -1.46. The standard InChI is InChI=1S/C51H71N11O13.CH4/c1-51(2,3)60-50(74)38-24-32-13-7-8-14-33(32)29-61(38)30-39(63)36(23-31-11-5-4-6-12-31)58-49(73)37(25-40(52)64)59-48(72)35-16-9-15-34(57-35)26-54-41(65)17-10-18-42(66)55-28-44(68)56-27-43(67)53-22-21-47(71)75-62-45(69)19-20-46(62)70;/h4-6,9,11-12,15-16,32-33,36-39,63H,7-8,10,13-14,17-30H2,1-3H3,(H2,52,64)(H,53,67)(H,54,65)(H,55,66)(H,56,68)(H,58,73)(H,59,72)(H,60,74);1H4/t32-,33+,36-,37-,38-,39+;/m0./s1. The number of rotatable bonds is 26. The molecule has 1 aromatic carbocycles. The minimum absolute atomic E-state index is 0. The topological polar surface area (TPSA) is 347 Å². The van der Waals surface area contributed by atoms with E-state index in [1.54, 1.807) is 6.07 Å². The molecule has 10 amide bonds. The van der Waals surface area contributed by atoms with Gasteiger partial charge in [-0.3, -0.25) is 52.8 Å². The van der Waals surface area contributed by atoms with Gasteiger partial charge in [-0.2, -0.15) is 0 Å². The van der Waals surface area contributed by atoms with E-state index in [0.29, 0.717) is 29.9 Å². The summed E-state index contributed by atoms with van der Waals surface area (Å²) in [5, 5.41) is 30.6. The van der Waals surface area contributed by atoms with Crippen molar-refractivity contribution in [2.45, 2.75) is 148 Å². The SMILES string of the molecule is C.CC(C)(C)NC(=O)[C@@H]1C[C@@H]2CCCC[C@@H]2CN1C[C@@H](O)[C@H](Cc1ccccc1)NC(=O)[C@H](CC(N)=O)NC(=O)c1cccc(CNC(=O)CCCC(=O)NCC(=O)NCC(=O)NCCC(=O)ON2C(=O)CCC2=O)n1. The summed E-state index contributed by atoms with van der Waals surface area (Å²) in [6, 6.07) is 10.8. The number of fused-ring (bicyclic) bond motifs is 1. The van der Waals surface area contributed by atoms with E-state index in [2.05, 4.69) is 42.2 Å². The molecule has 2 aliphatic heterocycles. The van der Waals surface area contributed by atoms with Crippen LogP contribution in [0.25, 0.3) is 0 Å². The number of hydroxylamine groups is 2. The number of aromatic nitrogens is 1. The van der Waals surface area contributed by atoms with Crippen molar-refractivity contribution in [2.75, 3.05) is 32.7 Å². The van der Waals surface area contributed by atoms with Crippen LogP contribution in [-0.2, 0) is 65.7 Å². The van der Waals surface area contributed by atoms with Gasteiger partial charge in [0.15, 0.2) is 0 Å². The molecule has 2 saturated heterocycles. The number of imide groups is 1. The van der Waals surface area contributed by atoms with Gasteiger partial charge in [-0.25, -0.2) is 9.78 Å². The summed E-state index contributed by atoms with van der Waals surface area (Å²) in [5.41, 5.74) is 6.04. The van der Waals surface area contributed by atoms with Crippen molar-refractivity contribution in [1.29, 1.82) is 0 Å². The van der Waals surface area contributed by atoms with Crippen LogP contribution < -0.4 is 43.0 Å². The van der Waals surface area contributed by atoms with Crippen LogP contribution in [0.3, 0.4) is 0 Å². The van der Waals surface area contributed by atoms with Crippen molar-refractivity contribution in [2.24, 2.45) is 17.6 Å². The Kier molecular flexibility index (Phi) is 23.9. The number of β-amino-alcohol motifs (C(OH)–C–C–N with tert-alkyl or cyclic N) is 1. The van der Waals surface area contributed by atoms with Gasteiger partial charge in [0.2, 0.25) is 41.4 Å². The van der Waals surface area contributed by atoms with Crippen molar-refractivity contribution >= 4 is 65.0 Å². The van der Waals surface area contributed by atoms with Crippen molar-refractivity contribution in [3.63, 3.8) is 0 Å². The van der Waals surface area contributed by atoms with E-state index in [0.717, 1.165) is 31.2 Å². The smallest absolute Gasteiger partial charge is 0.334 e. The highest BCUT2D eigenvalue weighted by Crippen LogP contribution is 2.39. The van der Waals surface area contributed by atoms with E-state index in [4.69, 9.17) is 10.6 Å². The highest BCUT2D eigenvalue weighted by Gasteiger charge is 2.42. The van der Waals surface area contributed by atoms with E-state index in [1.165, 1.54) is 12.1 Å². The van der Waals surface area contributed by atoms with Crippen LogP contribution in [0.4, 0.5) is 0 Å². The number of aliphatic hydroxyl groups is 1. The molecular weight excluding hydrogens is 987 g/mol. The molecule has 5 rings (SSSR count). The second-order valence-electron chi connectivity index (χ2n) is 20.2. The van der Waals surface area contributed by atoms with E-state index >= 15 is 0 Å². The van der Waals surface area contributed by atoms with Gasteiger partial charge < -0.3 is 52.9 Å². The molecule has 3 heterocycles. The average Bonchev–Trinajstić information content (AvgIpc) is 3.67. The Hall–Kier alpha value is -7.34. The van der Waals surface area contributed by atoms with Crippen LogP contribution in [0.2, 0.25) is 0 Å². The summed E-state index contributed by atoms with van der Waals surface area (Å²) in [6.07, 6.45) is 2.88. The Labute approximate surface area is 442 Å². The molecule has 24 nitrogen and oxygen atoms in total. The molecule has 24 heteroatoms. The normalized spacial score (nSPS) is 18.5. The quantitative estimate of drug-likeness (QED) is 0.0547. The molecule has 1 aliphatic carbocycles. The zero-order valence-corrected chi connectivity index (χ0v) is 42.8. The number of pyridine rings is 1. The maximum Gasteiger partial charge on any atom is 0.334 e. The van der Waals surface area contributed by atoms with Gasteiger partial charge in [-0.05, 0) is 76.0 Å². The number of likely N-dealkylation sites (tertiary alicyclic amines) is 1. The molecule has 6 atom stereocenters. The van der Waals surface area contributed by atoms with Crippen LogP contribution in [0.5, 0.6) is 0 Å². The first kappa shape index (κ1) is 61.2. The fourth-order valence-electron chi connectivity index (χ4n) is 9.14. The molecule has 3 fully saturated rings. The first-order valence-electron chi connectivity index (χ1n) is 25.4. The zero-order valence-electron chi connectivity index (χ0n) is 42.8. The molecular formula is C52H75N11O13. The summed E-state index contributed by atoms with van der Waals surface area (Å²) in [6.45, 7) is 5.24. The number of aliphatic hydroxyl groups excluding tert-OH is 1. The maximum absolute atomic E-state index is 14.1. The van der Waals surface area contributed by atoms with Gasteiger partial charge >= 0.3 is 5.97 Å². The average molecular weight is 1060 g/mol. The van der Waals surface area contributed by atoms with Crippen molar-refractivity contribution in [3.8, 4) is 0 Å². The summed E-state index contributed by atoms with van der Waals surface area (Å²) >= 11 is 0. The Bertz CT molecular complexity index is 2380. The predicted octanol–water partition coefficient (Wildman–Crippen LogP) is -0.292. The first-order valence-corrected chi connectivity index (χ1v) is 25.4. The Morgan fingerprint density at radius 3 is 2.08 bits per heavy atom. The number of carbonyl (C=O) groups is 11. The Morgan fingerprint density at radius 2 is 1.42 bits per heavy atom. The lowest BCUT2D eigenvalue weighted by atomic mass is 9.72. The molecule has 10 N–H and O–H groups in total. The summed E-state index contributed by atoms with van der Waals surface area (Å²) in [4.78, 5) is 149. The fourth-order valence-corrected chi connectivity index (χ4v) is 9.14. The number of primary amides is 1. The lowest BCUT2D eigenvalue weighted by Gasteiger charge is -2.47. The van der Waals surface area contributed by atoms with Crippen LogP contribution >= 0.6 is 0 Å². The highest BCUT2D eigenvalue weighted by molar-refractivity contribution is 6.01. The third kappa shape index (κ3) is 20.4. The molecule has 0 bridgehead atoms. The van der Waals surface area contributed by atoms with E-state index < -0.39 is 108 Å². The molecule has 2 aromatic rings. The van der Waals surface area contributed by atoms with Gasteiger partial charge in [0.1, 0.15) is 11.7 Å². The van der Waals surface area contributed by atoms with E-state index in [-0.39, 0.29) is 89.3 Å². The lowest BCUT2D eigenvalue weighted by molar-refractivity contribution is -0.197. The number of benzene rings is 1. The monoisotopic (exact) mass is 1060 g/mol. The number of carbonyl (C=O) groups excluding carboxylic acids is 11. The fraction of sp³-hybridized carbons (Fsp3) is 0.577. The number of nitrogens with zero attached hydrogens (tertiary/aromatic N) is 3. The highest BCUT2D eigenvalue weighted by atomic mass is 16.7. The predicted molar refractivity (Wildman–Crippen MR) is 274 cm³/mol. The van der Waals surface area contributed by atoms with E-state index in [1.807, 2.05) is 56.0 Å². The molecule has 0 unspecified atom stereocenters. The van der Waals surface area contributed by atoms with Crippen molar-refractivity contribution in [3.05, 3.63) is 65.5 Å². The van der Waals surface area contributed by atoms with Gasteiger partial charge in [-0.1, -0.05) is 63.1 Å². The van der Waals surface area contributed by atoms with Crippen LogP contribution in [-0.4, -0.2) is 148 Å².